The number of benzene rings is 2. The van der Waals surface area contributed by atoms with Crippen molar-refractivity contribution >= 4 is 11.6 Å². The van der Waals surface area contributed by atoms with Gasteiger partial charge in [0.15, 0.2) is 0 Å². The van der Waals surface area contributed by atoms with Gasteiger partial charge in [-0.05, 0) is 42.8 Å². The molecule has 4 rings (SSSR count). The number of anilines is 1. The molecule has 2 aromatic heterocycles. The number of nitrogens with zero attached hydrogens (tertiary/aromatic N) is 5. The van der Waals surface area contributed by atoms with Crippen LogP contribution >= 0.6 is 0 Å². The largest absolute Gasteiger partial charge is 0.322 e. The Bertz CT molecular complexity index is 1040. The third-order valence-electron chi connectivity index (χ3n) is 4.26. The van der Waals surface area contributed by atoms with Crippen LogP contribution < -0.4 is 5.32 Å². The first-order chi connectivity index (χ1) is 13.3. The van der Waals surface area contributed by atoms with Crippen LogP contribution in [-0.2, 0) is 6.42 Å². The highest BCUT2D eigenvalue weighted by molar-refractivity contribution is 6.05. The third kappa shape index (κ3) is 3.35. The fourth-order valence-corrected chi connectivity index (χ4v) is 2.93. The number of amides is 1. The molecule has 7 nitrogen and oxygen atoms in total. The first-order valence-electron chi connectivity index (χ1n) is 8.65. The summed E-state index contributed by atoms with van der Waals surface area (Å²) in [5.41, 5.74) is 3.96. The third-order valence-corrected chi connectivity index (χ3v) is 4.26. The summed E-state index contributed by atoms with van der Waals surface area (Å²) >= 11 is 0. The molecule has 0 saturated carbocycles. The van der Waals surface area contributed by atoms with E-state index in [0.717, 1.165) is 17.1 Å². The summed E-state index contributed by atoms with van der Waals surface area (Å²) in [6.45, 7) is 2.01. The first-order valence-corrected chi connectivity index (χ1v) is 8.65. The summed E-state index contributed by atoms with van der Waals surface area (Å²) in [4.78, 5) is 16.7. The van der Waals surface area contributed by atoms with Crippen molar-refractivity contribution in [3.8, 4) is 11.4 Å². The predicted molar refractivity (Wildman–Crippen MR) is 102 cm³/mol. The normalized spacial score (nSPS) is 10.7. The molecular formula is C20H18N6O. The van der Waals surface area contributed by atoms with Gasteiger partial charge in [-0.25, -0.2) is 14.3 Å². The van der Waals surface area contributed by atoms with Gasteiger partial charge >= 0.3 is 0 Å². The van der Waals surface area contributed by atoms with Crippen LogP contribution in [-0.4, -0.2) is 30.5 Å². The van der Waals surface area contributed by atoms with Crippen molar-refractivity contribution in [3.05, 3.63) is 84.7 Å². The molecule has 2 heterocycles. The zero-order chi connectivity index (χ0) is 18.6. The molecule has 1 amide bonds. The van der Waals surface area contributed by atoms with E-state index in [-0.39, 0.29) is 5.91 Å². The minimum atomic E-state index is -0.178. The molecule has 0 bridgehead atoms. The van der Waals surface area contributed by atoms with Crippen molar-refractivity contribution in [2.24, 2.45) is 0 Å². The number of nitrogens with one attached hydrogen (secondary N) is 1. The fourth-order valence-electron chi connectivity index (χ4n) is 2.93. The minimum Gasteiger partial charge on any atom is -0.322 e. The van der Waals surface area contributed by atoms with Crippen LogP contribution in [0.3, 0.4) is 0 Å². The topological polar surface area (TPSA) is 77.6 Å². The van der Waals surface area contributed by atoms with E-state index in [2.05, 4.69) is 20.5 Å². The first kappa shape index (κ1) is 16.7. The second kappa shape index (κ2) is 7.25. The van der Waals surface area contributed by atoms with Gasteiger partial charge in [0.2, 0.25) is 0 Å². The lowest BCUT2D eigenvalue weighted by Crippen LogP contribution is -2.14. The summed E-state index contributed by atoms with van der Waals surface area (Å²) in [6.07, 6.45) is 5.42. The van der Waals surface area contributed by atoms with E-state index in [1.54, 1.807) is 17.2 Å². The standard InChI is InChI=1S/C20H18N6O/c1-2-19-18(12-22-26(19)17-6-4-3-5-7-17)20(27)24-15-8-10-16(11-9-15)25-14-21-13-23-25/h3-14H,2H2,1H3,(H,24,27). The van der Waals surface area contributed by atoms with Gasteiger partial charge in [-0.3, -0.25) is 4.79 Å². The summed E-state index contributed by atoms with van der Waals surface area (Å²) in [5, 5.41) is 11.4. The lowest BCUT2D eigenvalue weighted by molar-refractivity contribution is 0.102. The molecule has 0 aliphatic rings. The fraction of sp³-hybridized carbons (Fsp3) is 0.100. The van der Waals surface area contributed by atoms with Gasteiger partial charge in [0, 0.05) is 5.69 Å². The highest BCUT2D eigenvalue weighted by Gasteiger charge is 2.17. The van der Waals surface area contributed by atoms with Crippen molar-refractivity contribution < 1.29 is 4.79 Å². The Hall–Kier alpha value is -3.74. The monoisotopic (exact) mass is 358 g/mol. The van der Waals surface area contributed by atoms with E-state index in [1.807, 2.05) is 66.2 Å². The zero-order valence-corrected chi connectivity index (χ0v) is 14.8. The van der Waals surface area contributed by atoms with E-state index in [4.69, 9.17) is 0 Å². The Morgan fingerprint density at radius 2 is 1.78 bits per heavy atom. The highest BCUT2D eigenvalue weighted by Crippen LogP contribution is 2.18. The van der Waals surface area contributed by atoms with Crippen LogP contribution in [0.5, 0.6) is 0 Å². The van der Waals surface area contributed by atoms with Crippen LogP contribution in [0.2, 0.25) is 0 Å². The van der Waals surface area contributed by atoms with Crippen LogP contribution in [0.1, 0.15) is 23.0 Å². The van der Waals surface area contributed by atoms with Crippen molar-refractivity contribution in [1.29, 1.82) is 0 Å². The molecule has 0 radical (unpaired) electrons. The van der Waals surface area contributed by atoms with Crippen LogP contribution in [0.25, 0.3) is 11.4 Å². The van der Waals surface area contributed by atoms with E-state index < -0.39 is 0 Å². The van der Waals surface area contributed by atoms with E-state index in [9.17, 15) is 4.79 Å². The minimum absolute atomic E-state index is 0.178. The number of carbonyl (C=O) groups excluding carboxylic acids is 1. The van der Waals surface area contributed by atoms with Gasteiger partial charge < -0.3 is 5.32 Å². The molecule has 7 heteroatoms. The number of rotatable bonds is 5. The van der Waals surface area contributed by atoms with Gasteiger partial charge in [0.25, 0.3) is 5.91 Å². The number of aromatic nitrogens is 5. The summed E-state index contributed by atoms with van der Waals surface area (Å²) in [5.74, 6) is -0.178. The predicted octanol–water partition coefficient (Wildman–Crippen LogP) is 3.27. The van der Waals surface area contributed by atoms with Crippen molar-refractivity contribution in [2.45, 2.75) is 13.3 Å². The van der Waals surface area contributed by atoms with E-state index in [0.29, 0.717) is 17.7 Å². The van der Waals surface area contributed by atoms with Crippen molar-refractivity contribution in [2.75, 3.05) is 5.32 Å². The van der Waals surface area contributed by atoms with Crippen molar-refractivity contribution in [1.82, 2.24) is 24.5 Å². The summed E-state index contributed by atoms with van der Waals surface area (Å²) in [7, 11) is 0. The zero-order valence-electron chi connectivity index (χ0n) is 14.8. The molecule has 134 valence electrons. The molecule has 4 aromatic rings. The lowest BCUT2D eigenvalue weighted by Gasteiger charge is -2.09. The quantitative estimate of drug-likeness (QED) is 0.594. The van der Waals surface area contributed by atoms with E-state index >= 15 is 0 Å². The average Bonchev–Trinajstić information content (AvgIpc) is 3.39. The van der Waals surface area contributed by atoms with Gasteiger partial charge in [-0.2, -0.15) is 10.2 Å². The second-order valence-corrected chi connectivity index (χ2v) is 5.95. The number of para-hydroxylation sites is 1. The smallest absolute Gasteiger partial charge is 0.259 e. The maximum Gasteiger partial charge on any atom is 0.259 e. The molecule has 0 unspecified atom stereocenters. The maximum absolute atomic E-state index is 12.8. The Kier molecular flexibility index (Phi) is 4.49. The van der Waals surface area contributed by atoms with Gasteiger partial charge in [-0.1, -0.05) is 25.1 Å². The van der Waals surface area contributed by atoms with Crippen LogP contribution in [0.4, 0.5) is 5.69 Å². The molecule has 0 atom stereocenters. The number of carbonyl (C=O) groups is 1. The molecular weight excluding hydrogens is 340 g/mol. The molecule has 0 saturated heterocycles. The Morgan fingerprint density at radius 3 is 2.44 bits per heavy atom. The Labute approximate surface area is 156 Å². The average molecular weight is 358 g/mol. The molecule has 0 aliphatic heterocycles. The SMILES string of the molecule is CCc1c(C(=O)Nc2ccc(-n3cncn3)cc2)cnn1-c1ccccc1. The van der Waals surface area contributed by atoms with Crippen LogP contribution in [0, 0.1) is 0 Å². The van der Waals surface area contributed by atoms with Gasteiger partial charge in [-0.15, -0.1) is 0 Å². The number of hydrogen-bond acceptors (Lipinski definition) is 4. The lowest BCUT2D eigenvalue weighted by atomic mass is 10.1. The van der Waals surface area contributed by atoms with Crippen molar-refractivity contribution in [3.63, 3.8) is 0 Å². The van der Waals surface area contributed by atoms with Gasteiger partial charge in [0.1, 0.15) is 12.7 Å². The van der Waals surface area contributed by atoms with E-state index in [1.165, 1.54) is 6.33 Å². The molecule has 0 spiro atoms. The molecule has 27 heavy (non-hydrogen) atoms. The molecule has 0 aliphatic carbocycles. The molecule has 0 fully saturated rings. The summed E-state index contributed by atoms with van der Waals surface area (Å²) < 4.78 is 3.47. The Morgan fingerprint density at radius 1 is 1.00 bits per heavy atom. The van der Waals surface area contributed by atoms with Crippen LogP contribution in [0.15, 0.2) is 73.4 Å². The second-order valence-electron chi connectivity index (χ2n) is 5.95. The molecule has 2 aromatic carbocycles. The van der Waals surface area contributed by atoms with Gasteiger partial charge in [0.05, 0.1) is 28.8 Å². The highest BCUT2D eigenvalue weighted by atomic mass is 16.1. The number of hydrogen-bond donors (Lipinski definition) is 1. The maximum atomic E-state index is 12.8. The summed E-state index contributed by atoms with van der Waals surface area (Å²) in [6, 6.07) is 17.2. The Balaban J connectivity index is 1.56. The molecule has 1 N–H and O–H groups in total.